The first-order valence-electron chi connectivity index (χ1n) is 9.68. The average molecular weight is 435 g/mol. The lowest BCUT2D eigenvalue weighted by atomic mass is 9.82. The molecule has 1 aliphatic carbocycles. The van der Waals surface area contributed by atoms with Crippen molar-refractivity contribution in [2.24, 2.45) is 11.8 Å². The number of hydrogen-bond donors (Lipinski definition) is 1. The fraction of sp³-hybridized carbons (Fsp3) is 0.524. The summed E-state index contributed by atoms with van der Waals surface area (Å²) in [6.07, 6.45) is 5.42. The highest BCUT2D eigenvalue weighted by atomic mass is 79.9. The lowest BCUT2D eigenvalue weighted by molar-refractivity contribution is -0.142. The molecular weight excluding hydrogens is 408 g/mol. The normalized spacial score (nSPS) is 19.9. The molecule has 0 aliphatic heterocycles. The Labute approximate surface area is 168 Å². The lowest BCUT2D eigenvalue weighted by Gasteiger charge is -2.28. The van der Waals surface area contributed by atoms with Gasteiger partial charge < -0.3 is 9.84 Å². The summed E-state index contributed by atoms with van der Waals surface area (Å²) in [6, 6.07) is 10.3. The summed E-state index contributed by atoms with van der Waals surface area (Å²) >= 11 is 3.77. The van der Waals surface area contributed by atoms with E-state index in [-0.39, 0.29) is 6.61 Å². The van der Waals surface area contributed by atoms with Gasteiger partial charge in [-0.2, -0.15) is 5.10 Å². The summed E-state index contributed by atoms with van der Waals surface area (Å²) in [6.45, 7) is 3.48. The first kappa shape index (κ1) is 20.1. The number of carboxylic acids is 1. The molecule has 3 rings (SSSR count). The number of nitrogens with zero attached hydrogens (tertiary/aromatic N) is 2. The zero-order valence-electron chi connectivity index (χ0n) is 15.7. The second-order valence-corrected chi connectivity index (χ2v) is 8.10. The summed E-state index contributed by atoms with van der Waals surface area (Å²) in [7, 11) is 0. The van der Waals surface area contributed by atoms with Crippen molar-refractivity contribution in [2.75, 3.05) is 13.2 Å². The molecule has 1 N–H and O–H groups in total. The first-order valence-corrected chi connectivity index (χ1v) is 10.5. The number of hydrogen-bond acceptors (Lipinski definition) is 3. The number of aliphatic carboxylic acids is 1. The van der Waals surface area contributed by atoms with Gasteiger partial charge in [-0.3, -0.25) is 4.68 Å². The standard InChI is InChI=1S/C21H27BrN2O3/c1-2-18-20(22)21(17-6-4-3-5-7-17)23-24(18)12-15-8-10-16(11-9-15)13-27-14-19(25)26/h3-7,15-16H,2,8-14H2,1H3,(H,25,26)/t15-,16-. The van der Waals surface area contributed by atoms with E-state index in [1.54, 1.807) is 0 Å². The van der Waals surface area contributed by atoms with Crippen LogP contribution in [-0.4, -0.2) is 34.1 Å². The van der Waals surface area contributed by atoms with Crippen LogP contribution in [0.3, 0.4) is 0 Å². The molecule has 1 aliphatic rings. The van der Waals surface area contributed by atoms with Gasteiger partial charge in [-0.15, -0.1) is 0 Å². The van der Waals surface area contributed by atoms with Crippen LogP contribution in [0.4, 0.5) is 0 Å². The van der Waals surface area contributed by atoms with E-state index < -0.39 is 5.97 Å². The predicted molar refractivity (Wildman–Crippen MR) is 109 cm³/mol. The van der Waals surface area contributed by atoms with E-state index >= 15 is 0 Å². The van der Waals surface area contributed by atoms with Gasteiger partial charge in [-0.25, -0.2) is 4.79 Å². The zero-order chi connectivity index (χ0) is 19.2. The zero-order valence-corrected chi connectivity index (χ0v) is 17.3. The molecule has 2 aromatic rings. The van der Waals surface area contributed by atoms with Gasteiger partial charge in [0.05, 0.1) is 16.8 Å². The quantitative estimate of drug-likeness (QED) is 0.648. The van der Waals surface area contributed by atoms with Crippen LogP contribution in [-0.2, 0) is 22.5 Å². The highest BCUT2D eigenvalue weighted by molar-refractivity contribution is 9.10. The van der Waals surface area contributed by atoms with Gasteiger partial charge >= 0.3 is 5.97 Å². The Morgan fingerprint density at radius 1 is 1.22 bits per heavy atom. The minimum atomic E-state index is -0.894. The molecule has 0 unspecified atom stereocenters. The van der Waals surface area contributed by atoms with E-state index in [2.05, 4.69) is 39.7 Å². The Morgan fingerprint density at radius 2 is 1.89 bits per heavy atom. The second kappa shape index (κ2) is 9.51. The third-order valence-electron chi connectivity index (χ3n) is 5.35. The van der Waals surface area contributed by atoms with Crippen molar-refractivity contribution in [3.63, 3.8) is 0 Å². The number of benzene rings is 1. The maximum absolute atomic E-state index is 10.6. The Hall–Kier alpha value is -1.66. The molecule has 1 aromatic carbocycles. The van der Waals surface area contributed by atoms with Crippen LogP contribution in [0, 0.1) is 11.8 Å². The van der Waals surface area contributed by atoms with E-state index in [0.29, 0.717) is 18.4 Å². The van der Waals surface area contributed by atoms with E-state index in [9.17, 15) is 4.79 Å². The smallest absolute Gasteiger partial charge is 0.329 e. The monoisotopic (exact) mass is 434 g/mol. The van der Waals surface area contributed by atoms with Gasteiger partial charge in [-0.05, 0) is 59.9 Å². The van der Waals surface area contributed by atoms with Gasteiger partial charge in [0.15, 0.2) is 0 Å². The number of ether oxygens (including phenoxy) is 1. The fourth-order valence-corrected chi connectivity index (χ4v) is 4.68. The third-order valence-corrected chi connectivity index (χ3v) is 6.19. The van der Waals surface area contributed by atoms with E-state index in [4.69, 9.17) is 14.9 Å². The van der Waals surface area contributed by atoms with Crippen LogP contribution >= 0.6 is 15.9 Å². The van der Waals surface area contributed by atoms with Crippen molar-refractivity contribution >= 4 is 21.9 Å². The number of aromatic nitrogens is 2. The molecule has 0 amide bonds. The third kappa shape index (κ3) is 5.20. The van der Waals surface area contributed by atoms with Crippen LogP contribution in [0.2, 0.25) is 0 Å². The summed E-state index contributed by atoms with van der Waals surface area (Å²) < 4.78 is 8.55. The second-order valence-electron chi connectivity index (χ2n) is 7.31. The van der Waals surface area contributed by atoms with Crippen LogP contribution in [0.1, 0.15) is 38.3 Å². The minimum absolute atomic E-state index is 0.191. The molecule has 1 aromatic heterocycles. The molecule has 0 bridgehead atoms. The summed E-state index contributed by atoms with van der Waals surface area (Å²) in [4.78, 5) is 10.6. The molecule has 0 spiro atoms. The Balaban J connectivity index is 1.61. The Kier molecular flexibility index (Phi) is 7.07. The highest BCUT2D eigenvalue weighted by Crippen LogP contribution is 2.34. The highest BCUT2D eigenvalue weighted by Gasteiger charge is 2.24. The maximum atomic E-state index is 10.6. The number of carbonyl (C=O) groups is 1. The summed E-state index contributed by atoms with van der Waals surface area (Å²) in [5.74, 6) is 0.200. The van der Waals surface area contributed by atoms with E-state index in [1.807, 2.05) is 18.2 Å². The SMILES string of the molecule is CCc1c(Br)c(-c2ccccc2)nn1C[C@H]1CC[C@H](COCC(=O)O)CC1. The maximum Gasteiger partial charge on any atom is 0.329 e. The molecule has 1 saturated carbocycles. The summed E-state index contributed by atoms with van der Waals surface area (Å²) in [5.41, 5.74) is 3.40. The molecule has 0 saturated heterocycles. The van der Waals surface area contributed by atoms with Crippen LogP contribution < -0.4 is 0 Å². The topological polar surface area (TPSA) is 64.4 Å². The molecule has 27 heavy (non-hydrogen) atoms. The van der Waals surface area contributed by atoms with E-state index in [0.717, 1.165) is 54.4 Å². The van der Waals surface area contributed by atoms with Crippen molar-refractivity contribution in [1.82, 2.24) is 9.78 Å². The molecule has 5 nitrogen and oxygen atoms in total. The van der Waals surface area contributed by atoms with Crippen molar-refractivity contribution in [2.45, 2.75) is 45.6 Å². The lowest BCUT2D eigenvalue weighted by Crippen LogP contribution is -2.23. The molecule has 0 atom stereocenters. The molecule has 6 heteroatoms. The van der Waals surface area contributed by atoms with Crippen LogP contribution in [0.5, 0.6) is 0 Å². The Bertz CT molecular complexity index is 752. The van der Waals surface area contributed by atoms with Gasteiger partial charge in [-0.1, -0.05) is 37.3 Å². The Morgan fingerprint density at radius 3 is 2.52 bits per heavy atom. The van der Waals surface area contributed by atoms with Crippen LogP contribution in [0.15, 0.2) is 34.8 Å². The molecule has 1 fully saturated rings. The number of rotatable bonds is 8. The molecule has 1 heterocycles. The van der Waals surface area contributed by atoms with Gasteiger partial charge in [0.25, 0.3) is 0 Å². The van der Waals surface area contributed by atoms with Gasteiger partial charge in [0.2, 0.25) is 0 Å². The largest absolute Gasteiger partial charge is 0.480 e. The van der Waals surface area contributed by atoms with Crippen molar-refractivity contribution in [3.05, 3.63) is 40.5 Å². The van der Waals surface area contributed by atoms with Crippen molar-refractivity contribution < 1.29 is 14.6 Å². The minimum Gasteiger partial charge on any atom is -0.480 e. The van der Waals surface area contributed by atoms with Crippen LogP contribution in [0.25, 0.3) is 11.3 Å². The summed E-state index contributed by atoms with van der Waals surface area (Å²) in [5, 5.41) is 13.6. The first-order chi connectivity index (χ1) is 13.1. The predicted octanol–water partition coefficient (Wildman–Crippen LogP) is 4.78. The fourth-order valence-electron chi connectivity index (χ4n) is 3.88. The molecule has 0 radical (unpaired) electrons. The molecule has 146 valence electrons. The molecular formula is C21H27BrN2O3. The van der Waals surface area contributed by atoms with E-state index in [1.165, 1.54) is 5.69 Å². The van der Waals surface area contributed by atoms with Gasteiger partial charge in [0.1, 0.15) is 12.3 Å². The number of halogens is 1. The van der Waals surface area contributed by atoms with Crippen molar-refractivity contribution in [3.8, 4) is 11.3 Å². The van der Waals surface area contributed by atoms with Crippen molar-refractivity contribution in [1.29, 1.82) is 0 Å². The number of carboxylic acid groups (broad SMARTS) is 1. The average Bonchev–Trinajstić information content (AvgIpc) is 2.99. The van der Waals surface area contributed by atoms with Gasteiger partial charge in [0, 0.05) is 12.1 Å².